The van der Waals surface area contributed by atoms with Crippen LogP contribution >= 0.6 is 11.3 Å². The molecule has 1 aromatic heterocycles. The predicted molar refractivity (Wildman–Crippen MR) is 92.5 cm³/mol. The molecule has 5 nitrogen and oxygen atoms in total. The van der Waals surface area contributed by atoms with Crippen molar-refractivity contribution in [1.82, 2.24) is 10.3 Å². The minimum absolute atomic E-state index is 0.129. The summed E-state index contributed by atoms with van der Waals surface area (Å²) in [6.07, 6.45) is 0. The van der Waals surface area contributed by atoms with Crippen LogP contribution in [0.15, 0.2) is 29.8 Å². The van der Waals surface area contributed by atoms with Crippen molar-refractivity contribution >= 4 is 28.8 Å². The number of hydrogen-bond acceptors (Lipinski definition) is 4. The lowest BCUT2D eigenvalue weighted by atomic mass is 9.95. The summed E-state index contributed by atoms with van der Waals surface area (Å²) in [4.78, 5) is 29.8. The highest BCUT2D eigenvalue weighted by Gasteiger charge is 2.23. The number of nitrogens with one attached hydrogen (secondary N) is 2. The lowest BCUT2D eigenvalue weighted by Gasteiger charge is -2.19. The molecule has 0 saturated carbocycles. The van der Waals surface area contributed by atoms with E-state index in [4.69, 9.17) is 0 Å². The van der Waals surface area contributed by atoms with Gasteiger partial charge in [0.2, 0.25) is 5.91 Å². The number of rotatable bonds is 4. The van der Waals surface area contributed by atoms with Gasteiger partial charge < -0.3 is 10.6 Å². The number of benzene rings is 1. The Morgan fingerprint density at radius 2 is 1.91 bits per heavy atom. The predicted octanol–water partition coefficient (Wildman–Crippen LogP) is 3.37. The molecule has 0 unspecified atom stereocenters. The number of aryl methyl sites for hydroxylation is 1. The average molecular weight is 331 g/mol. The van der Waals surface area contributed by atoms with Gasteiger partial charge >= 0.3 is 0 Å². The second-order valence-electron chi connectivity index (χ2n) is 6.29. The van der Waals surface area contributed by atoms with Crippen LogP contribution < -0.4 is 10.6 Å². The van der Waals surface area contributed by atoms with Crippen molar-refractivity contribution in [2.24, 2.45) is 5.41 Å². The van der Waals surface area contributed by atoms with E-state index >= 15 is 0 Å². The Hall–Kier alpha value is -2.21. The molecule has 122 valence electrons. The van der Waals surface area contributed by atoms with Gasteiger partial charge in [-0.05, 0) is 19.1 Å². The van der Waals surface area contributed by atoms with Crippen molar-refractivity contribution in [3.05, 3.63) is 45.9 Å². The van der Waals surface area contributed by atoms with Gasteiger partial charge in [-0.25, -0.2) is 4.98 Å². The molecular weight excluding hydrogens is 310 g/mol. The highest BCUT2D eigenvalue weighted by molar-refractivity contribution is 7.09. The van der Waals surface area contributed by atoms with Gasteiger partial charge in [-0.3, -0.25) is 9.59 Å². The molecule has 0 bridgehead atoms. The molecule has 0 saturated heterocycles. The van der Waals surface area contributed by atoms with Gasteiger partial charge in [0, 0.05) is 10.3 Å². The Balaban J connectivity index is 2.11. The highest BCUT2D eigenvalue weighted by atomic mass is 32.1. The molecule has 1 heterocycles. The standard InChI is InChI=1S/C17H21N3O2S/c1-11-14(23-10-19-11)9-18-15(21)12-7-5-6-8-13(12)20-16(22)17(2,3)4/h5-8,10H,9H2,1-4H3,(H,18,21)(H,20,22). The summed E-state index contributed by atoms with van der Waals surface area (Å²) in [5, 5.41) is 5.70. The molecule has 0 aliphatic carbocycles. The second kappa shape index (κ2) is 6.91. The molecule has 2 aromatic rings. The van der Waals surface area contributed by atoms with Gasteiger partial charge in [-0.1, -0.05) is 32.9 Å². The number of anilines is 1. The zero-order valence-electron chi connectivity index (χ0n) is 13.8. The van der Waals surface area contributed by atoms with Crippen LogP contribution in [0.4, 0.5) is 5.69 Å². The van der Waals surface area contributed by atoms with Gasteiger partial charge in [0.25, 0.3) is 5.91 Å². The third-order valence-electron chi connectivity index (χ3n) is 3.36. The molecule has 2 amide bonds. The zero-order chi connectivity index (χ0) is 17.0. The molecule has 2 rings (SSSR count). The Bertz CT molecular complexity index is 717. The van der Waals surface area contributed by atoms with Gasteiger partial charge in [0.1, 0.15) is 0 Å². The van der Waals surface area contributed by atoms with Crippen LogP contribution in [0.25, 0.3) is 0 Å². The van der Waals surface area contributed by atoms with E-state index < -0.39 is 5.41 Å². The van der Waals surface area contributed by atoms with Crippen molar-refractivity contribution < 1.29 is 9.59 Å². The molecule has 2 N–H and O–H groups in total. The van der Waals surface area contributed by atoms with Gasteiger partial charge in [-0.2, -0.15) is 0 Å². The average Bonchev–Trinajstić information content (AvgIpc) is 2.89. The van der Waals surface area contributed by atoms with E-state index in [2.05, 4.69) is 15.6 Å². The van der Waals surface area contributed by atoms with Crippen LogP contribution in [0.2, 0.25) is 0 Å². The summed E-state index contributed by atoms with van der Waals surface area (Å²) in [5.41, 5.74) is 3.13. The molecule has 0 spiro atoms. The van der Waals surface area contributed by atoms with Crippen molar-refractivity contribution in [1.29, 1.82) is 0 Å². The number of para-hydroxylation sites is 1. The van der Waals surface area contributed by atoms with Crippen LogP contribution in [-0.2, 0) is 11.3 Å². The normalized spacial score (nSPS) is 11.1. The van der Waals surface area contributed by atoms with Gasteiger partial charge in [-0.15, -0.1) is 11.3 Å². The molecule has 0 radical (unpaired) electrons. The largest absolute Gasteiger partial charge is 0.347 e. The number of hydrogen-bond donors (Lipinski definition) is 2. The molecule has 0 atom stereocenters. The van der Waals surface area contributed by atoms with Crippen LogP contribution in [0.5, 0.6) is 0 Å². The van der Waals surface area contributed by atoms with Crippen LogP contribution in [-0.4, -0.2) is 16.8 Å². The highest BCUT2D eigenvalue weighted by Crippen LogP contribution is 2.21. The zero-order valence-corrected chi connectivity index (χ0v) is 14.6. The van der Waals surface area contributed by atoms with E-state index in [1.807, 2.05) is 27.7 Å². The van der Waals surface area contributed by atoms with E-state index in [-0.39, 0.29) is 11.8 Å². The van der Waals surface area contributed by atoms with Crippen molar-refractivity contribution in [3.8, 4) is 0 Å². The lowest BCUT2D eigenvalue weighted by Crippen LogP contribution is -2.30. The third kappa shape index (κ3) is 4.39. The molecule has 1 aromatic carbocycles. The summed E-state index contributed by atoms with van der Waals surface area (Å²) in [6, 6.07) is 7.01. The fraction of sp³-hybridized carbons (Fsp3) is 0.353. The van der Waals surface area contributed by atoms with E-state index in [0.29, 0.717) is 17.8 Å². The monoisotopic (exact) mass is 331 g/mol. The summed E-state index contributed by atoms with van der Waals surface area (Å²) in [7, 11) is 0. The molecule has 0 fully saturated rings. The van der Waals surface area contributed by atoms with E-state index in [9.17, 15) is 9.59 Å². The van der Waals surface area contributed by atoms with E-state index in [1.54, 1.807) is 29.8 Å². The number of amides is 2. The number of thiazole rings is 1. The summed E-state index contributed by atoms with van der Waals surface area (Å²) >= 11 is 1.51. The van der Waals surface area contributed by atoms with E-state index in [1.165, 1.54) is 11.3 Å². The fourth-order valence-electron chi connectivity index (χ4n) is 1.85. The Labute approximate surface area is 140 Å². The Kier molecular flexibility index (Phi) is 5.15. The van der Waals surface area contributed by atoms with Gasteiger partial charge in [0.15, 0.2) is 0 Å². The maximum atomic E-state index is 12.4. The molecule has 0 aliphatic heterocycles. The Morgan fingerprint density at radius 1 is 1.22 bits per heavy atom. The first kappa shape index (κ1) is 17.1. The van der Waals surface area contributed by atoms with Crippen molar-refractivity contribution in [2.75, 3.05) is 5.32 Å². The molecular formula is C17H21N3O2S. The fourth-order valence-corrected chi connectivity index (χ4v) is 2.57. The first-order chi connectivity index (χ1) is 10.8. The number of carbonyl (C=O) groups is 2. The summed E-state index contributed by atoms with van der Waals surface area (Å²) < 4.78 is 0. The number of nitrogens with zero attached hydrogens (tertiary/aromatic N) is 1. The smallest absolute Gasteiger partial charge is 0.253 e. The summed E-state index contributed by atoms with van der Waals surface area (Å²) in [6.45, 7) is 7.83. The summed E-state index contributed by atoms with van der Waals surface area (Å²) in [5.74, 6) is -0.348. The first-order valence-electron chi connectivity index (χ1n) is 7.36. The maximum Gasteiger partial charge on any atom is 0.253 e. The lowest BCUT2D eigenvalue weighted by molar-refractivity contribution is -0.123. The molecule has 6 heteroatoms. The van der Waals surface area contributed by atoms with Crippen LogP contribution in [0.3, 0.4) is 0 Å². The van der Waals surface area contributed by atoms with Crippen LogP contribution in [0, 0.1) is 12.3 Å². The minimum Gasteiger partial charge on any atom is -0.347 e. The minimum atomic E-state index is -0.524. The SMILES string of the molecule is Cc1ncsc1CNC(=O)c1ccccc1NC(=O)C(C)(C)C. The van der Waals surface area contributed by atoms with Crippen LogP contribution in [0.1, 0.15) is 41.7 Å². The van der Waals surface area contributed by atoms with E-state index in [0.717, 1.165) is 10.6 Å². The second-order valence-corrected chi connectivity index (χ2v) is 7.23. The molecule has 0 aliphatic rings. The third-order valence-corrected chi connectivity index (χ3v) is 4.29. The maximum absolute atomic E-state index is 12.4. The number of aromatic nitrogens is 1. The molecule has 23 heavy (non-hydrogen) atoms. The van der Waals surface area contributed by atoms with Crippen molar-refractivity contribution in [3.63, 3.8) is 0 Å². The Morgan fingerprint density at radius 3 is 2.52 bits per heavy atom. The quantitative estimate of drug-likeness (QED) is 0.902. The topological polar surface area (TPSA) is 71.1 Å². The number of carbonyl (C=O) groups excluding carboxylic acids is 2. The van der Waals surface area contributed by atoms with Gasteiger partial charge in [0.05, 0.1) is 29.0 Å². The first-order valence-corrected chi connectivity index (χ1v) is 8.24. The van der Waals surface area contributed by atoms with Crippen molar-refractivity contribution in [2.45, 2.75) is 34.2 Å².